The van der Waals surface area contributed by atoms with Gasteiger partial charge in [0.25, 0.3) is 20.3 Å². The maximum atomic E-state index is 13.1. The molecule has 0 fully saturated rings. The number of hydrogen-bond acceptors (Lipinski definition) is 7. The lowest BCUT2D eigenvalue weighted by Crippen LogP contribution is -2.35. The van der Waals surface area contributed by atoms with Gasteiger partial charge in [0.05, 0.1) is 5.69 Å². The number of nitrogens with one attached hydrogen (secondary N) is 1. The lowest BCUT2D eigenvalue weighted by Gasteiger charge is -2.29. The Morgan fingerprint density at radius 3 is 2.77 bits per heavy atom. The Morgan fingerprint density at radius 1 is 1.16 bits per heavy atom. The number of ether oxygens (including phenoxy) is 1. The molecule has 0 aliphatic carbocycles. The molecule has 8 nitrogen and oxygen atoms in total. The highest BCUT2D eigenvalue weighted by Gasteiger charge is 2.32. The molecule has 10 heteroatoms. The summed E-state index contributed by atoms with van der Waals surface area (Å²) in [6.07, 6.45) is 1.56. The largest absolute Gasteiger partial charge is 0.484 e. The van der Waals surface area contributed by atoms with Crippen LogP contribution in [-0.4, -0.2) is 37.7 Å². The second-order valence-corrected chi connectivity index (χ2v) is 10.3. The summed E-state index contributed by atoms with van der Waals surface area (Å²) >= 11 is 0.823. The Balaban J connectivity index is 1.43. The van der Waals surface area contributed by atoms with E-state index in [4.69, 9.17) is 4.74 Å². The van der Waals surface area contributed by atoms with E-state index in [0.29, 0.717) is 18.0 Å². The van der Waals surface area contributed by atoms with Crippen molar-refractivity contribution < 1.29 is 17.9 Å². The summed E-state index contributed by atoms with van der Waals surface area (Å²) in [6, 6.07) is 13.0. The van der Waals surface area contributed by atoms with Crippen molar-refractivity contribution in [1.82, 2.24) is 10.2 Å². The zero-order chi connectivity index (χ0) is 22.0. The summed E-state index contributed by atoms with van der Waals surface area (Å²) in [4.78, 5) is 12.2. The molecule has 4 rings (SSSR count). The number of carbonyl (C=O) groups is 1. The van der Waals surface area contributed by atoms with Crippen molar-refractivity contribution >= 4 is 38.1 Å². The molecule has 0 bridgehead atoms. The van der Waals surface area contributed by atoms with Gasteiger partial charge in [0.2, 0.25) is 5.13 Å². The summed E-state index contributed by atoms with van der Waals surface area (Å²) in [6.45, 7) is 4.12. The summed E-state index contributed by atoms with van der Waals surface area (Å²) in [5, 5.41) is 10.3. The van der Waals surface area contributed by atoms with Gasteiger partial charge in [0.15, 0.2) is 6.61 Å². The van der Waals surface area contributed by atoms with Crippen LogP contribution in [0.25, 0.3) is 0 Å². The molecule has 0 radical (unpaired) electrons. The molecule has 0 atom stereocenters. The standard InChI is InChI=1S/C21H22N4O4S2/c1-14-9-10-17(12-15(14)2)29-13-19(26)22-20-23-24-21(30-20)31(27,28)25-11-5-7-16-6-3-4-8-18(16)25/h3-4,6,8-10,12H,5,7,11,13H2,1-2H3,(H,22,23,26). The minimum absolute atomic E-state index is 0.109. The number of nitrogens with zero attached hydrogens (tertiary/aromatic N) is 3. The predicted octanol–water partition coefficient (Wildman–Crippen LogP) is 3.31. The van der Waals surface area contributed by atoms with Gasteiger partial charge in [0.1, 0.15) is 5.75 Å². The number of hydrogen-bond donors (Lipinski definition) is 1. The van der Waals surface area contributed by atoms with Gasteiger partial charge in [-0.3, -0.25) is 14.4 Å². The van der Waals surface area contributed by atoms with E-state index in [1.165, 1.54) is 4.31 Å². The fourth-order valence-corrected chi connectivity index (χ4v) is 5.88. The van der Waals surface area contributed by atoms with Crippen molar-refractivity contribution in [1.29, 1.82) is 0 Å². The molecular weight excluding hydrogens is 436 g/mol. The van der Waals surface area contributed by atoms with Crippen molar-refractivity contribution in [2.75, 3.05) is 22.8 Å². The summed E-state index contributed by atoms with van der Waals surface area (Å²) in [7, 11) is -3.86. The molecule has 1 aromatic heterocycles. The van der Waals surface area contributed by atoms with Gasteiger partial charge < -0.3 is 4.74 Å². The number of anilines is 2. The fourth-order valence-electron chi connectivity index (χ4n) is 3.32. The lowest BCUT2D eigenvalue weighted by atomic mass is 10.0. The Kier molecular flexibility index (Phi) is 5.92. The molecular formula is C21H22N4O4S2. The van der Waals surface area contributed by atoms with E-state index in [0.717, 1.165) is 40.9 Å². The van der Waals surface area contributed by atoms with E-state index in [1.807, 2.05) is 44.2 Å². The van der Waals surface area contributed by atoms with E-state index >= 15 is 0 Å². The van der Waals surface area contributed by atoms with Gasteiger partial charge in [-0.1, -0.05) is 35.6 Å². The zero-order valence-corrected chi connectivity index (χ0v) is 18.8. The van der Waals surface area contributed by atoms with Gasteiger partial charge in [-0.2, -0.15) is 8.42 Å². The van der Waals surface area contributed by atoms with Crippen LogP contribution < -0.4 is 14.4 Å². The molecule has 162 valence electrons. The van der Waals surface area contributed by atoms with Crippen LogP contribution in [0.3, 0.4) is 0 Å². The topological polar surface area (TPSA) is 101 Å². The maximum absolute atomic E-state index is 13.1. The van der Waals surface area contributed by atoms with Crippen LogP contribution >= 0.6 is 11.3 Å². The molecule has 0 spiro atoms. The Bertz CT molecular complexity index is 1220. The van der Waals surface area contributed by atoms with E-state index in [1.54, 1.807) is 12.1 Å². The normalized spacial score (nSPS) is 13.5. The first-order chi connectivity index (χ1) is 14.8. The van der Waals surface area contributed by atoms with Crippen LogP contribution in [0.1, 0.15) is 23.1 Å². The SMILES string of the molecule is Cc1ccc(OCC(=O)Nc2nnc(S(=O)(=O)N3CCCc4ccccc43)s2)cc1C. The average Bonchev–Trinajstić information content (AvgIpc) is 3.23. The number of amides is 1. The minimum atomic E-state index is -3.86. The van der Waals surface area contributed by atoms with Gasteiger partial charge >= 0.3 is 0 Å². The first-order valence-corrected chi connectivity index (χ1v) is 12.0. The highest BCUT2D eigenvalue weighted by molar-refractivity contribution is 7.94. The number of para-hydroxylation sites is 1. The molecule has 3 aromatic rings. The number of rotatable bonds is 6. The van der Waals surface area contributed by atoms with Gasteiger partial charge in [-0.15, -0.1) is 10.2 Å². The first kappa shape index (κ1) is 21.3. The van der Waals surface area contributed by atoms with E-state index in [9.17, 15) is 13.2 Å². The van der Waals surface area contributed by atoms with Crippen LogP contribution in [0.15, 0.2) is 46.8 Å². The average molecular weight is 459 g/mol. The Hall–Kier alpha value is -2.98. The maximum Gasteiger partial charge on any atom is 0.293 e. The third-order valence-corrected chi connectivity index (χ3v) is 8.08. The molecule has 1 N–H and O–H groups in total. The van der Waals surface area contributed by atoms with Crippen molar-refractivity contribution in [2.45, 2.75) is 31.0 Å². The quantitative estimate of drug-likeness (QED) is 0.569. The van der Waals surface area contributed by atoms with Gasteiger partial charge in [-0.25, -0.2) is 0 Å². The number of aryl methyl sites for hydroxylation is 3. The number of carbonyl (C=O) groups excluding carboxylic acids is 1. The summed E-state index contributed by atoms with van der Waals surface area (Å²) in [5.41, 5.74) is 3.85. The monoisotopic (exact) mass is 458 g/mol. The van der Waals surface area contributed by atoms with Crippen molar-refractivity contribution in [2.24, 2.45) is 0 Å². The van der Waals surface area contributed by atoms with Crippen molar-refractivity contribution in [3.8, 4) is 5.75 Å². The highest BCUT2D eigenvalue weighted by atomic mass is 32.2. The molecule has 1 amide bonds. The molecule has 0 saturated carbocycles. The van der Waals surface area contributed by atoms with E-state index in [-0.39, 0.29) is 16.1 Å². The van der Waals surface area contributed by atoms with E-state index in [2.05, 4.69) is 15.5 Å². The Morgan fingerprint density at radius 2 is 1.97 bits per heavy atom. The van der Waals surface area contributed by atoms with Crippen LogP contribution in [0.5, 0.6) is 5.75 Å². The third kappa shape index (κ3) is 4.54. The molecule has 0 unspecified atom stereocenters. The smallest absolute Gasteiger partial charge is 0.293 e. The molecule has 2 aromatic carbocycles. The molecule has 2 heterocycles. The fraction of sp³-hybridized carbons (Fsp3) is 0.286. The van der Waals surface area contributed by atoms with Crippen LogP contribution in [0, 0.1) is 13.8 Å². The van der Waals surface area contributed by atoms with Crippen molar-refractivity contribution in [3.05, 3.63) is 59.2 Å². The first-order valence-electron chi connectivity index (χ1n) is 9.78. The minimum Gasteiger partial charge on any atom is -0.484 e. The molecule has 1 aliphatic rings. The number of fused-ring (bicyclic) bond motifs is 1. The molecule has 0 saturated heterocycles. The molecule has 1 aliphatic heterocycles. The second kappa shape index (κ2) is 8.64. The summed E-state index contributed by atoms with van der Waals surface area (Å²) < 4.78 is 32.9. The highest BCUT2D eigenvalue weighted by Crippen LogP contribution is 2.33. The number of benzene rings is 2. The van der Waals surface area contributed by atoms with Crippen LogP contribution in [0.4, 0.5) is 10.8 Å². The van der Waals surface area contributed by atoms with Crippen LogP contribution in [0.2, 0.25) is 0 Å². The third-order valence-electron chi connectivity index (χ3n) is 5.08. The Labute approximate surface area is 184 Å². The molecule has 31 heavy (non-hydrogen) atoms. The zero-order valence-electron chi connectivity index (χ0n) is 17.2. The van der Waals surface area contributed by atoms with E-state index < -0.39 is 15.9 Å². The second-order valence-electron chi connectivity index (χ2n) is 7.27. The predicted molar refractivity (Wildman–Crippen MR) is 119 cm³/mol. The lowest BCUT2D eigenvalue weighted by molar-refractivity contribution is -0.118. The van der Waals surface area contributed by atoms with Gasteiger partial charge in [-0.05, 0) is 61.6 Å². The summed E-state index contributed by atoms with van der Waals surface area (Å²) in [5.74, 6) is 0.143. The van der Waals surface area contributed by atoms with Gasteiger partial charge in [0, 0.05) is 6.54 Å². The van der Waals surface area contributed by atoms with Crippen molar-refractivity contribution in [3.63, 3.8) is 0 Å². The number of aromatic nitrogens is 2. The van der Waals surface area contributed by atoms with Crippen LogP contribution in [-0.2, 0) is 21.2 Å². The number of sulfonamides is 1.